The molecule has 10 rings (SSSR count). The lowest BCUT2D eigenvalue weighted by atomic mass is 9.84. The van der Waals surface area contributed by atoms with Gasteiger partial charge in [0.15, 0.2) is 11.2 Å². The van der Waals surface area contributed by atoms with Gasteiger partial charge >= 0.3 is 0 Å². The highest BCUT2D eigenvalue weighted by Gasteiger charge is 2.22. The Balaban J connectivity index is 1.30. The van der Waals surface area contributed by atoms with Gasteiger partial charge in [-0.1, -0.05) is 127 Å². The second-order valence-corrected chi connectivity index (χ2v) is 12.0. The van der Waals surface area contributed by atoms with Crippen LogP contribution in [0.25, 0.3) is 98.8 Å². The van der Waals surface area contributed by atoms with Gasteiger partial charge in [-0.15, -0.1) is 0 Å². The van der Waals surface area contributed by atoms with Crippen molar-refractivity contribution in [1.82, 2.24) is 0 Å². The van der Waals surface area contributed by atoms with E-state index in [0.29, 0.717) is 0 Å². The zero-order chi connectivity index (χ0) is 30.2. The number of hydrogen-bond acceptors (Lipinski definition) is 2. The molecule has 214 valence electrons. The lowest BCUT2D eigenvalue weighted by Crippen LogP contribution is -1.91. The van der Waals surface area contributed by atoms with Crippen molar-refractivity contribution in [3.8, 4) is 33.4 Å². The molecule has 0 amide bonds. The van der Waals surface area contributed by atoms with Crippen LogP contribution in [0.4, 0.5) is 0 Å². The number of fused-ring (bicyclic) bond motifs is 9. The van der Waals surface area contributed by atoms with Crippen molar-refractivity contribution in [2.75, 3.05) is 0 Å². The zero-order valence-electron chi connectivity index (χ0n) is 24.8. The summed E-state index contributed by atoms with van der Waals surface area (Å²) < 4.78 is 13.0. The maximum Gasteiger partial charge on any atom is 0.178 e. The Morgan fingerprint density at radius 2 is 0.826 bits per heavy atom. The van der Waals surface area contributed by atoms with Crippen LogP contribution in [0.1, 0.15) is 0 Å². The molecule has 0 saturated heterocycles. The first-order chi connectivity index (χ1) is 22.8. The summed E-state index contributed by atoms with van der Waals surface area (Å²) >= 11 is 0. The highest BCUT2D eigenvalue weighted by molar-refractivity contribution is 6.27. The van der Waals surface area contributed by atoms with E-state index in [0.717, 1.165) is 49.4 Å². The van der Waals surface area contributed by atoms with Gasteiger partial charge in [-0.05, 0) is 85.3 Å². The first-order valence-electron chi connectivity index (χ1n) is 15.7. The molecule has 0 fully saturated rings. The molecule has 2 heterocycles. The Morgan fingerprint density at radius 3 is 1.59 bits per heavy atom. The summed E-state index contributed by atoms with van der Waals surface area (Å²) in [7, 11) is 0. The average Bonchev–Trinajstić information content (AvgIpc) is 3.70. The number of furan rings is 2. The lowest BCUT2D eigenvalue weighted by molar-refractivity contribution is 0.633. The zero-order valence-corrected chi connectivity index (χ0v) is 24.8. The third-order valence-electron chi connectivity index (χ3n) is 9.47. The molecule has 0 saturated carbocycles. The highest BCUT2D eigenvalue weighted by Crippen LogP contribution is 2.48. The molecule has 0 aliphatic rings. The molecular formula is C44H26O2. The molecule has 2 nitrogen and oxygen atoms in total. The van der Waals surface area contributed by atoms with Crippen LogP contribution < -0.4 is 0 Å². The van der Waals surface area contributed by atoms with Gasteiger partial charge in [0, 0.05) is 21.5 Å². The second-order valence-electron chi connectivity index (χ2n) is 12.0. The minimum atomic E-state index is 0.791. The van der Waals surface area contributed by atoms with Gasteiger partial charge < -0.3 is 8.83 Å². The first-order valence-corrected chi connectivity index (χ1v) is 15.7. The SMILES string of the molecule is c1ccc(-c2cccc(-c3c4ccccc4c(-c4cccc5oc6c(ccc7c8ccccc8oc76)c45)c4ccccc34)c2)cc1. The molecule has 0 radical (unpaired) electrons. The number of benzene rings is 8. The topological polar surface area (TPSA) is 26.3 Å². The summed E-state index contributed by atoms with van der Waals surface area (Å²) in [6, 6.07) is 56.2. The fourth-order valence-electron chi connectivity index (χ4n) is 7.49. The summed E-state index contributed by atoms with van der Waals surface area (Å²) in [6.07, 6.45) is 0. The first kappa shape index (κ1) is 25.2. The number of rotatable bonds is 3. The molecule has 0 spiro atoms. The Morgan fingerprint density at radius 1 is 0.304 bits per heavy atom. The van der Waals surface area contributed by atoms with Gasteiger partial charge in [-0.2, -0.15) is 0 Å². The van der Waals surface area contributed by atoms with Crippen molar-refractivity contribution in [3.63, 3.8) is 0 Å². The van der Waals surface area contributed by atoms with E-state index >= 15 is 0 Å². The molecule has 0 atom stereocenters. The molecule has 0 aliphatic heterocycles. The molecule has 0 unspecified atom stereocenters. The van der Waals surface area contributed by atoms with E-state index in [1.54, 1.807) is 0 Å². The second kappa shape index (κ2) is 9.69. The van der Waals surface area contributed by atoms with E-state index in [1.807, 2.05) is 12.1 Å². The van der Waals surface area contributed by atoms with Gasteiger partial charge in [0.2, 0.25) is 0 Å². The van der Waals surface area contributed by atoms with Crippen LogP contribution in [0.15, 0.2) is 167 Å². The average molecular weight is 587 g/mol. The monoisotopic (exact) mass is 586 g/mol. The quantitative estimate of drug-likeness (QED) is 0.193. The molecule has 0 N–H and O–H groups in total. The van der Waals surface area contributed by atoms with Crippen LogP contribution >= 0.6 is 0 Å². The molecule has 0 aliphatic carbocycles. The summed E-state index contributed by atoms with van der Waals surface area (Å²) in [4.78, 5) is 0. The van der Waals surface area contributed by atoms with Crippen molar-refractivity contribution in [3.05, 3.63) is 158 Å². The lowest BCUT2D eigenvalue weighted by Gasteiger charge is -2.18. The Labute approximate surface area is 264 Å². The highest BCUT2D eigenvalue weighted by atomic mass is 16.4. The van der Waals surface area contributed by atoms with E-state index in [4.69, 9.17) is 8.83 Å². The predicted molar refractivity (Wildman–Crippen MR) is 192 cm³/mol. The predicted octanol–water partition coefficient (Wildman–Crippen LogP) is 12.8. The maximum atomic E-state index is 6.64. The third-order valence-corrected chi connectivity index (χ3v) is 9.47. The van der Waals surface area contributed by atoms with Gasteiger partial charge in [-0.3, -0.25) is 0 Å². The number of para-hydroxylation sites is 1. The van der Waals surface area contributed by atoms with Crippen molar-refractivity contribution in [2.24, 2.45) is 0 Å². The summed E-state index contributed by atoms with van der Waals surface area (Å²) in [5.74, 6) is 0. The van der Waals surface area contributed by atoms with Crippen molar-refractivity contribution in [1.29, 1.82) is 0 Å². The van der Waals surface area contributed by atoms with E-state index < -0.39 is 0 Å². The molecular weight excluding hydrogens is 560 g/mol. The van der Waals surface area contributed by atoms with Gasteiger partial charge in [0.05, 0.1) is 0 Å². The molecule has 10 aromatic rings. The summed E-state index contributed by atoms with van der Waals surface area (Å²) in [6.45, 7) is 0. The van der Waals surface area contributed by atoms with Crippen LogP contribution in [0.5, 0.6) is 0 Å². The fourth-order valence-corrected chi connectivity index (χ4v) is 7.49. The van der Waals surface area contributed by atoms with E-state index in [-0.39, 0.29) is 0 Å². The molecule has 2 heteroatoms. The minimum absolute atomic E-state index is 0.791. The number of hydrogen-bond donors (Lipinski definition) is 0. The van der Waals surface area contributed by atoms with Crippen molar-refractivity contribution in [2.45, 2.75) is 0 Å². The third kappa shape index (κ3) is 3.59. The van der Waals surface area contributed by atoms with Crippen LogP contribution in [-0.2, 0) is 0 Å². The normalized spacial score (nSPS) is 11.9. The van der Waals surface area contributed by atoms with Crippen LogP contribution in [-0.4, -0.2) is 0 Å². The molecule has 8 aromatic carbocycles. The van der Waals surface area contributed by atoms with Crippen molar-refractivity contribution >= 4 is 65.4 Å². The van der Waals surface area contributed by atoms with Crippen LogP contribution in [0, 0.1) is 0 Å². The van der Waals surface area contributed by atoms with Crippen LogP contribution in [0.3, 0.4) is 0 Å². The summed E-state index contributed by atoms with van der Waals surface area (Å²) in [5, 5.41) is 9.22. The Kier molecular flexibility index (Phi) is 5.31. The summed E-state index contributed by atoms with van der Waals surface area (Å²) in [5.41, 5.74) is 10.6. The smallest absolute Gasteiger partial charge is 0.178 e. The largest absolute Gasteiger partial charge is 0.452 e. The maximum absolute atomic E-state index is 6.64. The minimum Gasteiger partial charge on any atom is -0.452 e. The van der Waals surface area contributed by atoms with E-state index in [1.165, 1.54) is 49.4 Å². The van der Waals surface area contributed by atoms with Gasteiger partial charge in [0.25, 0.3) is 0 Å². The molecule has 46 heavy (non-hydrogen) atoms. The van der Waals surface area contributed by atoms with Gasteiger partial charge in [-0.25, -0.2) is 0 Å². The molecule has 0 bridgehead atoms. The van der Waals surface area contributed by atoms with Crippen LogP contribution in [0.2, 0.25) is 0 Å². The van der Waals surface area contributed by atoms with E-state index in [9.17, 15) is 0 Å². The Hall–Kier alpha value is -6.12. The van der Waals surface area contributed by atoms with Crippen molar-refractivity contribution < 1.29 is 8.83 Å². The van der Waals surface area contributed by atoms with E-state index in [2.05, 4.69) is 146 Å². The van der Waals surface area contributed by atoms with Gasteiger partial charge in [0.1, 0.15) is 11.2 Å². The Bertz CT molecular complexity index is 2740. The standard InChI is InChI=1S/C44H26O2/c1-2-12-27(13-3-1)28-14-10-15-29(26-28)40-31-17-4-6-19-33(31)41(34-20-7-5-18-32(34)40)36-21-11-23-39-42(36)37-25-24-35-30-16-8-9-22-38(30)45-43(35)44(37)46-39/h1-26H. The molecule has 2 aromatic heterocycles. The fraction of sp³-hybridized carbons (Fsp3) is 0.